The first kappa shape index (κ1) is 20.3. The molecule has 0 aliphatic carbocycles. The molecule has 0 heterocycles. The summed E-state index contributed by atoms with van der Waals surface area (Å²) in [5, 5.41) is 2.81. The van der Waals surface area contributed by atoms with E-state index in [0.717, 1.165) is 24.2 Å². The maximum Gasteiger partial charge on any atom is 0.195 e. The zero-order valence-electron chi connectivity index (χ0n) is 16.1. The van der Waals surface area contributed by atoms with E-state index in [2.05, 4.69) is 41.3 Å². The van der Waals surface area contributed by atoms with E-state index in [-0.39, 0.29) is 18.0 Å². The van der Waals surface area contributed by atoms with Gasteiger partial charge in [0.15, 0.2) is 11.9 Å². The van der Waals surface area contributed by atoms with Crippen molar-refractivity contribution in [1.29, 1.82) is 0 Å². The van der Waals surface area contributed by atoms with Crippen molar-refractivity contribution in [1.82, 2.24) is 5.32 Å². The van der Waals surface area contributed by atoms with Crippen molar-refractivity contribution in [3.8, 4) is 5.75 Å². The topological polar surface area (TPSA) is 98.0 Å². The normalized spacial score (nSPS) is 13.3. The standard InChI is InChI=1S/C21H29N5O/c1-3-16(2)27-19-11-9-18(10-12-19)15-25-21(23)26-20(22)24-14-13-17-7-5-4-6-8-17/h4-12,16H,3,13-15H2,1-2H3,(H5,22,23,24,25,26). The van der Waals surface area contributed by atoms with Gasteiger partial charge in [-0.1, -0.05) is 49.4 Å². The lowest BCUT2D eigenvalue weighted by molar-refractivity contribution is 0.217. The molecule has 1 atom stereocenters. The fourth-order valence-electron chi connectivity index (χ4n) is 2.33. The molecule has 0 saturated carbocycles. The molecule has 0 spiro atoms. The molecule has 6 heteroatoms. The Morgan fingerprint density at radius 2 is 1.63 bits per heavy atom. The minimum atomic E-state index is 0.206. The molecule has 0 saturated heterocycles. The largest absolute Gasteiger partial charge is 0.491 e. The first-order valence-corrected chi connectivity index (χ1v) is 9.23. The molecular formula is C21H29N5O. The van der Waals surface area contributed by atoms with Gasteiger partial charge in [-0.3, -0.25) is 10.3 Å². The van der Waals surface area contributed by atoms with Gasteiger partial charge in [0.25, 0.3) is 0 Å². The Hall–Kier alpha value is -3.02. The maximum absolute atomic E-state index is 5.87. The second kappa shape index (κ2) is 10.9. The molecule has 6 nitrogen and oxygen atoms in total. The van der Waals surface area contributed by atoms with Gasteiger partial charge in [0, 0.05) is 6.54 Å². The number of aliphatic imine (C=N–C) groups is 2. The second-order valence-corrected chi connectivity index (χ2v) is 6.31. The van der Waals surface area contributed by atoms with Crippen molar-refractivity contribution in [2.45, 2.75) is 39.3 Å². The van der Waals surface area contributed by atoms with Crippen LogP contribution in [0.5, 0.6) is 5.75 Å². The molecule has 0 aliphatic rings. The highest BCUT2D eigenvalue weighted by Crippen LogP contribution is 2.15. The summed E-state index contributed by atoms with van der Waals surface area (Å²) in [6.45, 7) is 5.20. The van der Waals surface area contributed by atoms with Crippen molar-refractivity contribution in [2.75, 3.05) is 6.54 Å². The Bertz CT molecular complexity index is 741. The van der Waals surface area contributed by atoms with E-state index in [1.807, 2.05) is 42.5 Å². The molecule has 144 valence electrons. The number of nitrogens with one attached hydrogen (secondary N) is 1. The van der Waals surface area contributed by atoms with Crippen LogP contribution in [0.15, 0.2) is 64.6 Å². The third-order valence-corrected chi connectivity index (χ3v) is 4.05. The Morgan fingerprint density at radius 1 is 0.963 bits per heavy atom. The number of nitrogens with two attached hydrogens (primary N) is 2. The first-order chi connectivity index (χ1) is 13.1. The van der Waals surface area contributed by atoms with Gasteiger partial charge in [-0.25, -0.2) is 4.99 Å². The quantitative estimate of drug-likeness (QED) is 0.493. The van der Waals surface area contributed by atoms with E-state index in [0.29, 0.717) is 13.1 Å². The lowest BCUT2D eigenvalue weighted by atomic mass is 10.2. The van der Waals surface area contributed by atoms with Crippen LogP contribution >= 0.6 is 0 Å². The fourth-order valence-corrected chi connectivity index (χ4v) is 2.33. The molecule has 2 aromatic carbocycles. The zero-order chi connectivity index (χ0) is 19.5. The average Bonchev–Trinajstić information content (AvgIpc) is 2.68. The van der Waals surface area contributed by atoms with Crippen molar-refractivity contribution in [3.63, 3.8) is 0 Å². The van der Waals surface area contributed by atoms with E-state index >= 15 is 0 Å². The number of benzene rings is 2. The third-order valence-electron chi connectivity index (χ3n) is 4.05. The number of nitrogens with zero attached hydrogens (tertiary/aromatic N) is 2. The molecule has 0 fully saturated rings. The van der Waals surface area contributed by atoms with Crippen molar-refractivity contribution < 1.29 is 4.74 Å². The van der Waals surface area contributed by atoms with Crippen LogP contribution in [0.4, 0.5) is 0 Å². The van der Waals surface area contributed by atoms with Gasteiger partial charge in [-0.15, -0.1) is 0 Å². The van der Waals surface area contributed by atoms with E-state index in [1.165, 1.54) is 5.56 Å². The van der Waals surface area contributed by atoms with Crippen LogP contribution in [0, 0.1) is 0 Å². The van der Waals surface area contributed by atoms with Crippen LogP contribution in [0.25, 0.3) is 0 Å². The highest BCUT2D eigenvalue weighted by Gasteiger charge is 2.01. The summed E-state index contributed by atoms with van der Waals surface area (Å²) in [5.41, 5.74) is 14.0. The summed E-state index contributed by atoms with van der Waals surface area (Å²) in [4.78, 5) is 8.56. The SMILES string of the molecule is CCC(C)Oc1ccc(CN=C(N)NC(N)=NCCc2ccccc2)cc1. The molecule has 2 rings (SSSR count). The Morgan fingerprint density at radius 3 is 2.30 bits per heavy atom. The summed E-state index contributed by atoms with van der Waals surface area (Å²) in [7, 11) is 0. The Kier molecular flexibility index (Phi) is 8.16. The smallest absolute Gasteiger partial charge is 0.195 e. The van der Waals surface area contributed by atoms with Crippen LogP contribution < -0.4 is 21.5 Å². The zero-order valence-corrected chi connectivity index (χ0v) is 16.1. The number of ether oxygens (including phenoxy) is 1. The molecule has 5 N–H and O–H groups in total. The van der Waals surface area contributed by atoms with Crippen LogP contribution in [0.2, 0.25) is 0 Å². The molecule has 0 radical (unpaired) electrons. The average molecular weight is 367 g/mol. The maximum atomic E-state index is 5.87. The number of rotatable bonds is 8. The van der Waals surface area contributed by atoms with Crippen molar-refractivity contribution >= 4 is 11.9 Å². The minimum absolute atomic E-state index is 0.206. The molecule has 1 unspecified atom stereocenters. The molecule has 0 bridgehead atoms. The van der Waals surface area contributed by atoms with E-state index < -0.39 is 0 Å². The van der Waals surface area contributed by atoms with Gasteiger partial charge in [0.05, 0.1) is 12.6 Å². The van der Waals surface area contributed by atoms with Gasteiger partial charge in [-0.2, -0.15) is 0 Å². The number of hydrogen-bond donors (Lipinski definition) is 3. The first-order valence-electron chi connectivity index (χ1n) is 9.23. The summed E-state index contributed by atoms with van der Waals surface area (Å²) < 4.78 is 5.76. The van der Waals surface area contributed by atoms with Crippen molar-refractivity contribution in [3.05, 3.63) is 65.7 Å². The molecule has 0 amide bonds. The number of guanidine groups is 2. The van der Waals surface area contributed by atoms with Crippen molar-refractivity contribution in [2.24, 2.45) is 21.5 Å². The van der Waals surface area contributed by atoms with Gasteiger partial charge >= 0.3 is 0 Å². The van der Waals surface area contributed by atoms with Crippen LogP contribution in [0.3, 0.4) is 0 Å². The van der Waals surface area contributed by atoms with Gasteiger partial charge < -0.3 is 16.2 Å². The summed E-state index contributed by atoms with van der Waals surface area (Å²) in [5.74, 6) is 1.37. The Labute approximate surface area is 161 Å². The van der Waals surface area contributed by atoms with Crippen LogP contribution in [-0.2, 0) is 13.0 Å². The van der Waals surface area contributed by atoms with Crippen LogP contribution in [-0.4, -0.2) is 24.6 Å². The highest BCUT2D eigenvalue weighted by atomic mass is 16.5. The fraction of sp³-hybridized carbons (Fsp3) is 0.333. The van der Waals surface area contributed by atoms with E-state index in [9.17, 15) is 0 Å². The predicted molar refractivity (Wildman–Crippen MR) is 112 cm³/mol. The monoisotopic (exact) mass is 367 g/mol. The van der Waals surface area contributed by atoms with E-state index in [1.54, 1.807) is 0 Å². The lowest BCUT2D eigenvalue weighted by Gasteiger charge is -2.12. The number of hydrogen-bond acceptors (Lipinski definition) is 3. The van der Waals surface area contributed by atoms with Gasteiger partial charge in [0.2, 0.25) is 0 Å². The summed E-state index contributed by atoms with van der Waals surface area (Å²) in [6, 6.07) is 18.0. The molecular weight excluding hydrogens is 338 g/mol. The van der Waals surface area contributed by atoms with Gasteiger partial charge in [-0.05, 0) is 43.0 Å². The summed E-state index contributed by atoms with van der Waals surface area (Å²) in [6.07, 6.45) is 2.01. The molecule has 0 aromatic heterocycles. The predicted octanol–water partition coefficient (Wildman–Crippen LogP) is 2.83. The summed E-state index contributed by atoms with van der Waals surface area (Å²) >= 11 is 0. The second-order valence-electron chi connectivity index (χ2n) is 6.31. The van der Waals surface area contributed by atoms with E-state index in [4.69, 9.17) is 16.2 Å². The lowest BCUT2D eigenvalue weighted by Crippen LogP contribution is -2.41. The Balaban J connectivity index is 1.78. The minimum Gasteiger partial charge on any atom is -0.491 e. The molecule has 2 aromatic rings. The molecule has 0 aliphatic heterocycles. The highest BCUT2D eigenvalue weighted by molar-refractivity contribution is 5.97. The van der Waals surface area contributed by atoms with Crippen LogP contribution in [0.1, 0.15) is 31.4 Å². The molecule has 27 heavy (non-hydrogen) atoms. The van der Waals surface area contributed by atoms with Gasteiger partial charge in [0.1, 0.15) is 5.75 Å². The third kappa shape index (κ3) is 7.81.